The monoisotopic (exact) mass is 435 g/mol. The number of hydrogen-bond donors (Lipinski definition) is 1. The lowest BCUT2D eigenvalue weighted by molar-refractivity contribution is -0.273. The zero-order chi connectivity index (χ0) is 20.8. The average Bonchev–Trinajstić information content (AvgIpc) is 3.12. The molecule has 0 spiro atoms. The van der Waals surface area contributed by atoms with Gasteiger partial charge in [0.25, 0.3) is 5.91 Å². The highest BCUT2D eigenvalue weighted by Crippen LogP contribution is 2.44. The number of carbonyl (C=O) groups is 3. The van der Waals surface area contributed by atoms with Gasteiger partial charge in [0.1, 0.15) is 0 Å². The van der Waals surface area contributed by atoms with Gasteiger partial charge in [-0.05, 0) is 31.1 Å². The summed E-state index contributed by atoms with van der Waals surface area (Å²) in [5, 5.41) is 8.59. The van der Waals surface area contributed by atoms with Gasteiger partial charge in [0.05, 0.1) is 22.4 Å². The highest BCUT2D eigenvalue weighted by molar-refractivity contribution is 7.15. The molecule has 1 aromatic rings. The molecule has 150 valence electrons. The summed E-state index contributed by atoms with van der Waals surface area (Å²) in [6.45, 7) is 1.52. The number of alkyl halides is 3. The van der Waals surface area contributed by atoms with Crippen LogP contribution in [0, 0.1) is 0 Å². The summed E-state index contributed by atoms with van der Waals surface area (Å²) in [5.41, 5.74) is 0.883. The number of hydrogen-bond acceptors (Lipinski definition) is 5. The van der Waals surface area contributed by atoms with Crippen LogP contribution in [0.2, 0.25) is 0 Å². The number of amides is 1. The number of fused-ring (bicyclic) bond motifs is 1. The van der Waals surface area contributed by atoms with Crippen molar-refractivity contribution >= 4 is 40.6 Å². The molecule has 0 radical (unpaired) electrons. The molecule has 0 saturated carbocycles. The lowest BCUT2D eigenvalue weighted by atomic mass is 9.89. The number of carboxylic acids is 1. The van der Waals surface area contributed by atoms with Crippen LogP contribution in [0.4, 0.5) is 13.2 Å². The Bertz CT molecular complexity index is 933. The van der Waals surface area contributed by atoms with Gasteiger partial charge in [0, 0.05) is 17.7 Å². The topological polar surface area (TPSA) is 83.9 Å². The molecule has 1 aromatic heterocycles. The molecule has 1 amide bonds. The van der Waals surface area contributed by atoms with Gasteiger partial charge in [0.2, 0.25) is 0 Å². The Morgan fingerprint density at radius 3 is 2.68 bits per heavy atom. The van der Waals surface area contributed by atoms with E-state index in [9.17, 15) is 32.7 Å². The fourth-order valence-electron chi connectivity index (χ4n) is 3.38. The number of ketones is 1. The van der Waals surface area contributed by atoms with Crippen molar-refractivity contribution < 1.29 is 37.4 Å². The van der Waals surface area contributed by atoms with Crippen molar-refractivity contribution in [2.75, 3.05) is 0 Å². The fourth-order valence-corrected chi connectivity index (χ4v) is 4.52. The minimum atomic E-state index is -4.88. The summed E-state index contributed by atoms with van der Waals surface area (Å²) in [7, 11) is 0. The molecule has 1 N–H and O–H groups in total. The van der Waals surface area contributed by atoms with Crippen LogP contribution in [0.3, 0.4) is 0 Å². The molecule has 1 unspecified atom stereocenters. The Hall–Kier alpha value is -2.33. The second-order valence-corrected chi connectivity index (χ2v) is 7.61. The van der Waals surface area contributed by atoms with E-state index in [0.717, 1.165) is 6.07 Å². The molecule has 1 aliphatic heterocycles. The van der Waals surface area contributed by atoms with E-state index in [1.807, 2.05) is 0 Å². The van der Waals surface area contributed by atoms with Crippen LogP contribution in [-0.2, 0) is 9.59 Å². The quantitative estimate of drug-likeness (QED) is 0.770. The van der Waals surface area contributed by atoms with E-state index in [1.165, 1.54) is 17.9 Å². The van der Waals surface area contributed by atoms with Gasteiger partial charge in [-0.25, -0.2) is 0 Å². The third kappa shape index (κ3) is 3.79. The number of carboxylic acid groups (broad SMARTS) is 1. The number of halogens is 4. The lowest BCUT2D eigenvalue weighted by Gasteiger charge is -2.29. The van der Waals surface area contributed by atoms with Crippen LogP contribution in [0.25, 0.3) is 0 Å². The number of allylic oxidation sites excluding steroid dienone is 2. The zero-order valence-electron chi connectivity index (χ0n) is 14.3. The molecule has 1 atom stereocenters. The largest absolute Gasteiger partial charge is 0.573 e. The average molecular weight is 436 g/mol. The van der Waals surface area contributed by atoms with Crippen molar-refractivity contribution in [3.63, 3.8) is 0 Å². The first-order valence-electron chi connectivity index (χ1n) is 8.03. The molecule has 2 aliphatic rings. The van der Waals surface area contributed by atoms with Crippen LogP contribution in [0.15, 0.2) is 34.0 Å². The Labute approximate surface area is 165 Å². The van der Waals surface area contributed by atoms with Gasteiger partial charge in [-0.2, -0.15) is 0 Å². The van der Waals surface area contributed by atoms with Crippen LogP contribution >= 0.6 is 22.9 Å². The van der Waals surface area contributed by atoms with Crippen molar-refractivity contribution in [2.24, 2.45) is 0 Å². The number of Topliss-reactive ketones (excluding diaryl/α,β-unsaturated/α-hetero) is 1. The van der Waals surface area contributed by atoms with E-state index in [4.69, 9.17) is 11.6 Å². The predicted molar refractivity (Wildman–Crippen MR) is 93.0 cm³/mol. The maximum atomic E-state index is 13.0. The number of thiophene rings is 1. The second kappa shape index (κ2) is 7.25. The molecule has 0 saturated heterocycles. The zero-order valence-corrected chi connectivity index (χ0v) is 15.9. The standard InChI is InChI=1S/C17H13ClF3NO5S/c1-7-8(6-12(24)25)14-9(2-3-10(23)15(14)18)22(7)16(26)11-4-5-13(28-11)27-17(19,20)21/h4-5,9H,2-3,6H2,1H3,(H,24,25). The molecule has 0 bridgehead atoms. The van der Waals surface area contributed by atoms with Crippen molar-refractivity contribution in [1.29, 1.82) is 0 Å². The normalized spacial score (nSPS) is 20.0. The Morgan fingerprint density at radius 1 is 1.39 bits per heavy atom. The minimum absolute atomic E-state index is 0.0115. The van der Waals surface area contributed by atoms with Gasteiger partial charge < -0.3 is 14.7 Å². The Morgan fingerprint density at radius 2 is 2.07 bits per heavy atom. The summed E-state index contributed by atoms with van der Waals surface area (Å²) in [5.74, 6) is -2.11. The first kappa shape index (κ1) is 20.4. The summed E-state index contributed by atoms with van der Waals surface area (Å²) >= 11 is 6.65. The summed E-state index contributed by atoms with van der Waals surface area (Å²) in [4.78, 5) is 37.5. The number of aliphatic carboxylic acids is 1. The van der Waals surface area contributed by atoms with E-state index in [-0.39, 0.29) is 34.1 Å². The molecule has 28 heavy (non-hydrogen) atoms. The smallest absolute Gasteiger partial charge is 0.481 e. The summed E-state index contributed by atoms with van der Waals surface area (Å²) in [6, 6.07) is 1.60. The molecular formula is C17H13ClF3NO5S. The predicted octanol–water partition coefficient (Wildman–Crippen LogP) is 4.08. The van der Waals surface area contributed by atoms with Gasteiger partial charge in [-0.15, -0.1) is 13.2 Å². The highest BCUT2D eigenvalue weighted by atomic mass is 35.5. The molecular weight excluding hydrogens is 423 g/mol. The van der Waals surface area contributed by atoms with Gasteiger partial charge >= 0.3 is 12.3 Å². The maximum Gasteiger partial charge on any atom is 0.573 e. The third-order valence-electron chi connectivity index (χ3n) is 4.45. The molecule has 2 heterocycles. The van der Waals surface area contributed by atoms with Crippen LogP contribution in [0.1, 0.15) is 35.9 Å². The molecule has 1 aliphatic carbocycles. The van der Waals surface area contributed by atoms with E-state index in [1.54, 1.807) is 0 Å². The number of carbonyl (C=O) groups excluding carboxylic acids is 2. The SMILES string of the molecule is CC1=C(CC(=O)O)C2=C(Cl)C(=O)CCC2N1C(=O)c1ccc(OC(F)(F)F)s1. The Balaban J connectivity index is 1.99. The summed E-state index contributed by atoms with van der Waals surface area (Å²) < 4.78 is 40.9. The first-order valence-corrected chi connectivity index (χ1v) is 9.23. The number of ether oxygens (including phenoxy) is 1. The molecule has 0 aromatic carbocycles. The molecule has 6 nitrogen and oxygen atoms in total. The number of nitrogens with zero attached hydrogens (tertiary/aromatic N) is 1. The highest BCUT2D eigenvalue weighted by Gasteiger charge is 2.44. The van der Waals surface area contributed by atoms with E-state index < -0.39 is 35.8 Å². The van der Waals surface area contributed by atoms with E-state index >= 15 is 0 Å². The minimum Gasteiger partial charge on any atom is -0.481 e. The van der Waals surface area contributed by atoms with Crippen LogP contribution in [-0.4, -0.2) is 40.1 Å². The third-order valence-corrected chi connectivity index (χ3v) is 5.82. The fraction of sp³-hybridized carbons (Fsp3) is 0.353. The van der Waals surface area contributed by atoms with Gasteiger partial charge in [-0.1, -0.05) is 22.9 Å². The lowest BCUT2D eigenvalue weighted by Crippen LogP contribution is -2.38. The molecule has 0 fully saturated rings. The second-order valence-electron chi connectivity index (χ2n) is 6.18. The van der Waals surface area contributed by atoms with Crippen molar-refractivity contribution in [3.05, 3.63) is 38.9 Å². The Kier molecular flexibility index (Phi) is 5.28. The van der Waals surface area contributed by atoms with Crippen molar-refractivity contribution in [3.8, 4) is 5.06 Å². The van der Waals surface area contributed by atoms with Gasteiger partial charge in [-0.3, -0.25) is 14.4 Å². The number of rotatable bonds is 4. The maximum absolute atomic E-state index is 13.0. The van der Waals surface area contributed by atoms with Crippen molar-refractivity contribution in [2.45, 2.75) is 38.6 Å². The molecule has 11 heteroatoms. The first-order chi connectivity index (χ1) is 13.0. The van der Waals surface area contributed by atoms with E-state index in [0.29, 0.717) is 22.6 Å². The van der Waals surface area contributed by atoms with Crippen LogP contribution < -0.4 is 4.74 Å². The van der Waals surface area contributed by atoms with E-state index in [2.05, 4.69) is 4.74 Å². The van der Waals surface area contributed by atoms with Gasteiger partial charge in [0.15, 0.2) is 10.8 Å². The van der Waals surface area contributed by atoms with Crippen molar-refractivity contribution in [1.82, 2.24) is 4.90 Å². The van der Waals surface area contributed by atoms with Crippen LogP contribution in [0.5, 0.6) is 5.06 Å². The summed E-state index contributed by atoms with van der Waals surface area (Å²) in [6.07, 6.45) is -4.99. The molecule has 3 rings (SSSR count).